The Labute approximate surface area is 156 Å². The molecule has 8 nitrogen and oxygen atoms in total. The van der Waals surface area contributed by atoms with E-state index in [1.807, 2.05) is 19.9 Å². The number of aromatic nitrogens is 2. The second-order valence-electron chi connectivity index (χ2n) is 6.79. The third kappa shape index (κ3) is 4.45. The van der Waals surface area contributed by atoms with Crippen LogP contribution in [-0.2, 0) is 20.9 Å². The minimum absolute atomic E-state index is 0.125. The lowest BCUT2D eigenvalue weighted by molar-refractivity contribution is -0.155. The van der Waals surface area contributed by atoms with Gasteiger partial charge in [0.1, 0.15) is 6.54 Å². The highest BCUT2D eigenvalue weighted by molar-refractivity contribution is 5.81. The topological polar surface area (TPSA) is 94.6 Å². The molecule has 1 amide bonds. The Kier molecular flexibility index (Phi) is 5.73. The van der Waals surface area contributed by atoms with Crippen molar-refractivity contribution < 1.29 is 18.7 Å². The maximum atomic E-state index is 12.4. The van der Waals surface area contributed by atoms with Crippen molar-refractivity contribution >= 4 is 11.9 Å². The molecule has 0 radical (unpaired) electrons. The number of hydrogen-bond donors (Lipinski definition) is 0. The zero-order valence-electron chi connectivity index (χ0n) is 15.5. The highest BCUT2D eigenvalue weighted by atomic mass is 16.5. The van der Waals surface area contributed by atoms with Crippen molar-refractivity contribution in [2.45, 2.75) is 51.7 Å². The second-order valence-corrected chi connectivity index (χ2v) is 6.79. The van der Waals surface area contributed by atoms with Crippen LogP contribution in [0.5, 0.6) is 0 Å². The third-order valence-corrected chi connectivity index (χ3v) is 4.74. The summed E-state index contributed by atoms with van der Waals surface area (Å²) in [7, 11) is 0. The number of rotatable bonds is 5. The van der Waals surface area contributed by atoms with Crippen LogP contribution >= 0.6 is 0 Å². The van der Waals surface area contributed by atoms with E-state index >= 15 is 0 Å². The maximum Gasteiger partial charge on any atom is 0.437 e. The van der Waals surface area contributed by atoms with Crippen LogP contribution in [0.1, 0.15) is 33.1 Å². The number of carbonyl (C=O) groups is 2. The van der Waals surface area contributed by atoms with Crippen LogP contribution in [0.15, 0.2) is 39.5 Å². The van der Waals surface area contributed by atoms with E-state index in [0.717, 1.165) is 23.9 Å². The number of piperidine rings is 1. The normalized spacial score (nSPS) is 19.7. The first-order valence-corrected chi connectivity index (χ1v) is 9.06. The zero-order valence-corrected chi connectivity index (χ0v) is 15.5. The molecule has 0 saturated carbocycles. The molecule has 1 fully saturated rings. The number of carbonyl (C=O) groups excluding carboxylic acids is 2. The van der Waals surface area contributed by atoms with E-state index in [4.69, 9.17) is 9.15 Å². The van der Waals surface area contributed by atoms with Crippen molar-refractivity contribution in [1.82, 2.24) is 14.7 Å². The number of nitrogens with zero attached hydrogens (tertiary/aromatic N) is 3. The fourth-order valence-corrected chi connectivity index (χ4v) is 3.40. The number of amides is 1. The summed E-state index contributed by atoms with van der Waals surface area (Å²) < 4.78 is 11.0. The molecule has 0 N–H and O–H groups in total. The fraction of sp³-hybridized carbons (Fsp3) is 0.474. The van der Waals surface area contributed by atoms with Gasteiger partial charge in [-0.25, -0.2) is 4.79 Å². The lowest BCUT2D eigenvalue weighted by atomic mass is 9.97. The van der Waals surface area contributed by atoms with Crippen molar-refractivity contribution in [2.75, 3.05) is 6.61 Å². The van der Waals surface area contributed by atoms with Gasteiger partial charge < -0.3 is 14.1 Å². The van der Waals surface area contributed by atoms with Crippen LogP contribution in [0.4, 0.5) is 0 Å². The summed E-state index contributed by atoms with van der Waals surface area (Å²) in [6.07, 6.45) is 2.98. The van der Waals surface area contributed by atoms with Gasteiger partial charge in [0.25, 0.3) is 5.91 Å². The predicted molar refractivity (Wildman–Crippen MR) is 96.8 cm³/mol. The average Bonchev–Trinajstić information content (AvgIpc) is 3.01. The summed E-state index contributed by atoms with van der Waals surface area (Å²) in [5, 5.41) is 4.00. The molecular weight excluding hydrogens is 350 g/mol. The number of ether oxygens (including phenoxy) is 1. The Hall–Kier alpha value is -2.90. The molecule has 3 rings (SSSR count). The highest BCUT2D eigenvalue weighted by Gasteiger charge is 2.29. The van der Waals surface area contributed by atoms with Crippen molar-refractivity contribution in [3.8, 4) is 11.5 Å². The summed E-state index contributed by atoms with van der Waals surface area (Å²) in [6, 6.07) is 9.16. The number of likely N-dealkylation sites (tertiary alicyclic amines) is 1. The first-order valence-electron chi connectivity index (χ1n) is 9.06. The summed E-state index contributed by atoms with van der Waals surface area (Å²) >= 11 is 0. The van der Waals surface area contributed by atoms with Gasteiger partial charge in [0, 0.05) is 17.6 Å². The Morgan fingerprint density at radius 1 is 1.19 bits per heavy atom. The standard InChI is InChI=1S/C19H23N3O5/c1-13-7-6-8-14(2)22(13)16(23)12-26-17(24)11-21-19(25)27-18(20-21)15-9-4-3-5-10-15/h3-5,9-10,13-14H,6-8,11-12H2,1-2H3/t13-,14-/m1/s1. The third-order valence-electron chi connectivity index (χ3n) is 4.74. The maximum absolute atomic E-state index is 12.4. The molecule has 2 atom stereocenters. The van der Waals surface area contributed by atoms with Crippen LogP contribution in [0.3, 0.4) is 0 Å². The minimum atomic E-state index is -0.754. The monoisotopic (exact) mass is 373 g/mol. The van der Waals surface area contributed by atoms with Gasteiger partial charge >= 0.3 is 11.7 Å². The summed E-state index contributed by atoms with van der Waals surface area (Å²) in [5.74, 6) is -1.56. The van der Waals surface area contributed by atoms with E-state index in [9.17, 15) is 14.4 Å². The molecule has 0 spiro atoms. The molecule has 1 saturated heterocycles. The molecular formula is C19H23N3O5. The molecule has 144 valence electrons. The van der Waals surface area contributed by atoms with E-state index in [-0.39, 0.29) is 30.5 Å². The highest BCUT2D eigenvalue weighted by Crippen LogP contribution is 2.22. The Balaban J connectivity index is 1.57. The Morgan fingerprint density at radius 2 is 1.85 bits per heavy atom. The quantitative estimate of drug-likeness (QED) is 0.742. The average molecular weight is 373 g/mol. The Morgan fingerprint density at radius 3 is 2.52 bits per heavy atom. The van der Waals surface area contributed by atoms with Gasteiger partial charge in [-0.15, -0.1) is 5.10 Å². The molecule has 27 heavy (non-hydrogen) atoms. The number of esters is 1. The Bertz CT molecular complexity index is 848. The van der Waals surface area contributed by atoms with Crippen LogP contribution in [0.2, 0.25) is 0 Å². The number of hydrogen-bond acceptors (Lipinski definition) is 6. The van der Waals surface area contributed by atoms with Gasteiger partial charge in [0.05, 0.1) is 0 Å². The van der Waals surface area contributed by atoms with Crippen molar-refractivity contribution in [3.05, 3.63) is 40.9 Å². The molecule has 1 aromatic carbocycles. The van der Waals surface area contributed by atoms with E-state index in [1.165, 1.54) is 0 Å². The predicted octanol–water partition coefficient (Wildman–Crippen LogP) is 1.84. The molecule has 0 unspecified atom stereocenters. The lowest BCUT2D eigenvalue weighted by Gasteiger charge is -2.38. The summed E-state index contributed by atoms with van der Waals surface area (Å²) in [5.41, 5.74) is 0.630. The van der Waals surface area contributed by atoms with Gasteiger partial charge in [0.2, 0.25) is 5.89 Å². The lowest BCUT2D eigenvalue weighted by Crippen LogP contribution is -2.49. The molecule has 0 aliphatic carbocycles. The fourth-order valence-electron chi connectivity index (χ4n) is 3.40. The molecule has 1 aliphatic heterocycles. The largest absolute Gasteiger partial charge is 0.454 e. The second kappa shape index (κ2) is 8.20. The van der Waals surface area contributed by atoms with Gasteiger partial charge in [-0.05, 0) is 45.2 Å². The zero-order chi connectivity index (χ0) is 19.4. The first kappa shape index (κ1) is 18.9. The number of benzene rings is 1. The summed E-state index contributed by atoms with van der Waals surface area (Å²) in [4.78, 5) is 38.0. The SMILES string of the molecule is C[C@@H]1CCC[C@@H](C)N1C(=O)COC(=O)Cn1nc(-c2ccccc2)oc1=O. The molecule has 8 heteroatoms. The van der Waals surface area contributed by atoms with Gasteiger partial charge in [-0.3, -0.25) is 9.59 Å². The molecule has 2 heterocycles. The first-order chi connectivity index (χ1) is 13.0. The summed E-state index contributed by atoms with van der Waals surface area (Å²) in [6.45, 7) is 3.24. The van der Waals surface area contributed by atoms with Crippen LogP contribution in [0, 0.1) is 0 Å². The van der Waals surface area contributed by atoms with Gasteiger partial charge in [-0.2, -0.15) is 4.68 Å². The van der Waals surface area contributed by atoms with Gasteiger partial charge in [0.15, 0.2) is 6.61 Å². The molecule has 0 bridgehead atoms. The van der Waals surface area contributed by atoms with Crippen molar-refractivity contribution in [2.24, 2.45) is 0 Å². The van der Waals surface area contributed by atoms with Crippen molar-refractivity contribution in [1.29, 1.82) is 0 Å². The van der Waals surface area contributed by atoms with Crippen LogP contribution in [-0.4, -0.2) is 45.2 Å². The van der Waals surface area contributed by atoms with Crippen molar-refractivity contribution in [3.63, 3.8) is 0 Å². The minimum Gasteiger partial charge on any atom is -0.454 e. The van der Waals surface area contributed by atoms with Crippen LogP contribution in [0.25, 0.3) is 11.5 Å². The van der Waals surface area contributed by atoms with Gasteiger partial charge in [-0.1, -0.05) is 18.2 Å². The van der Waals surface area contributed by atoms with E-state index in [0.29, 0.717) is 5.56 Å². The smallest absolute Gasteiger partial charge is 0.437 e. The molecule has 2 aromatic rings. The molecule has 1 aliphatic rings. The van der Waals surface area contributed by atoms with E-state index in [2.05, 4.69) is 5.10 Å². The molecule has 1 aromatic heterocycles. The van der Waals surface area contributed by atoms with Crippen LogP contribution < -0.4 is 5.76 Å². The van der Waals surface area contributed by atoms with E-state index in [1.54, 1.807) is 29.2 Å². The van der Waals surface area contributed by atoms with E-state index < -0.39 is 18.3 Å².